The fraction of sp³-hybridized carbons (Fsp3) is 0.417. The summed E-state index contributed by atoms with van der Waals surface area (Å²) in [6.07, 6.45) is 1.98. The zero-order chi connectivity index (χ0) is 13.3. The Kier molecular flexibility index (Phi) is 3.52. The number of halogens is 1. The largest absolute Gasteiger partial charge is 0.481 e. The van der Waals surface area contributed by atoms with Gasteiger partial charge in [0, 0.05) is 18.8 Å². The Morgan fingerprint density at radius 2 is 2.28 bits per heavy atom. The summed E-state index contributed by atoms with van der Waals surface area (Å²) in [7, 11) is 0. The lowest BCUT2D eigenvalue weighted by Crippen LogP contribution is -2.37. The van der Waals surface area contributed by atoms with Crippen molar-refractivity contribution in [3.8, 4) is 0 Å². The molecule has 5 nitrogen and oxygen atoms in total. The van der Waals surface area contributed by atoms with E-state index in [0.717, 1.165) is 0 Å². The van der Waals surface area contributed by atoms with Crippen LogP contribution in [0.1, 0.15) is 23.7 Å². The van der Waals surface area contributed by atoms with Crippen LogP contribution in [0.2, 0.25) is 5.15 Å². The molecule has 2 heterocycles. The number of carbonyl (C=O) groups excluding carboxylic acids is 1. The number of aliphatic carboxylic acids is 1. The lowest BCUT2D eigenvalue weighted by atomic mass is 10.0. The van der Waals surface area contributed by atoms with Gasteiger partial charge in [0.05, 0.1) is 11.5 Å². The number of hydrogen-bond donors (Lipinski definition) is 1. The first-order valence-electron chi connectivity index (χ1n) is 5.66. The van der Waals surface area contributed by atoms with Gasteiger partial charge in [-0.15, -0.1) is 0 Å². The van der Waals surface area contributed by atoms with E-state index in [2.05, 4.69) is 4.98 Å². The second kappa shape index (κ2) is 4.94. The van der Waals surface area contributed by atoms with Gasteiger partial charge in [-0.1, -0.05) is 11.6 Å². The Labute approximate surface area is 109 Å². The van der Waals surface area contributed by atoms with Crippen LogP contribution in [0, 0.1) is 5.92 Å². The Morgan fingerprint density at radius 1 is 1.56 bits per heavy atom. The number of pyridine rings is 1. The molecule has 2 atom stereocenters. The summed E-state index contributed by atoms with van der Waals surface area (Å²) in [5, 5.41) is 9.18. The summed E-state index contributed by atoms with van der Waals surface area (Å²) >= 11 is 5.87. The Bertz CT molecular complexity index is 492. The monoisotopic (exact) mass is 268 g/mol. The van der Waals surface area contributed by atoms with Crippen molar-refractivity contribution < 1.29 is 14.7 Å². The molecule has 1 aliphatic heterocycles. The highest BCUT2D eigenvalue weighted by atomic mass is 35.5. The average molecular weight is 269 g/mol. The minimum atomic E-state index is -0.866. The third-order valence-corrected chi connectivity index (χ3v) is 3.62. The molecule has 0 radical (unpaired) electrons. The van der Waals surface area contributed by atoms with E-state index in [1.54, 1.807) is 24.0 Å². The van der Waals surface area contributed by atoms with E-state index in [9.17, 15) is 9.59 Å². The van der Waals surface area contributed by atoms with E-state index in [4.69, 9.17) is 16.7 Å². The summed E-state index contributed by atoms with van der Waals surface area (Å²) in [5.41, 5.74) is 0.317. The predicted octanol–water partition coefficient (Wildman–Crippen LogP) is 1.67. The summed E-state index contributed by atoms with van der Waals surface area (Å²) in [6.45, 7) is 2.18. The van der Waals surface area contributed by atoms with E-state index >= 15 is 0 Å². The molecular formula is C12H13ClN2O3. The standard InChI is InChI=1S/C12H13ClN2O3/c1-7-8(12(17)18)4-6-15(7)11(16)9-3-2-5-14-10(9)13/h2-3,5,7-8H,4,6H2,1H3,(H,17,18). The molecule has 1 fully saturated rings. The topological polar surface area (TPSA) is 70.5 Å². The van der Waals surface area contributed by atoms with Crippen molar-refractivity contribution in [1.29, 1.82) is 0 Å². The lowest BCUT2D eigenvalue weighted by Gasteiger charge is -2.23. The summed E-state index contributed by atoms with van der Waals surface area (Å²) < 4.78 is 0. The first kappa shape index (κ1) is 12.8. The third kappa shape index (κ3) is 2.18. The van der Waals surface area contributed by atoms with E-state index in [1.807, 2.05) is 0 Å². The molecule has 1 aromatic heterocycles. The van der Waals surface area contributed by atoms with Crippen molar-refractivity contribution in [2.45, 2.75) is 19.4 Å². The van der Waals surface area contributed by atoms with Crippen LogP contribution in [0.3, 0.4) is 0 Å². The molecule has 0 saturated carbocycles. The molecule has 0 spiro atoms. The molecule has 0 aliphatic carbocycles. The highest BCUT2D eigenvalue weighted by Gasteiger charge is 2.38. The zero-order valence-corrected chi connectivity index (χ0v) is 10.6. The smallest absolute Gasteiger partial charge is 0.308 e. The maximum absolute atomic E-state index is 12.3. The number of hydrogen-bond acceptors (Lipinski definition) is 3. The van der Waals surface area contributed by atoms with Gasteiger partial charge in [-0.05, 0) is 25.5 Å². The SMILES string of the molecule is CC1C(C(=O)O)CCN1C(=O)c1cccnc1Cl. The van der Waals surface area contributed by atoms with E-state index in [1.165, 1.54) is 6.20 Å². The molecule has 1 aliphatic rings. The summed E-state index contributed by atoms with van der Waals surface area (Å²) in [6, 6.07) is 2.90. The second-order valence-electron chi connectivity index (χ2n) is 4.31. The molecule has 0 bridgehead atoms. The molecule has 0 aromatic carbocycles. The Morgan fingerprint density at radius 3 is 2.83 bits per heavy atom. The van der Waals surface area contributed by atoms with Crippen molar-refractivity contribution >= 4 is 23.5 Å². The number of carboxylic acid groups (broad SMARTS) is 1. The molecule has 2 rings (SSSR count). The quantitative estimate of drug-likeness (QED) is 0.829. The van der Waals surface area contributed by atoms with Crippen LogP contribution in [0.5, 0.6) is 0 Å². The van der Waals surface area contributed by atoms with Crippen LogP contribution in [0.4, 0.5) is 0 Å². The average Bonchev–Trinajstić information content (AvgIpc) is 2.71. The number of carbonyl (C=O) groups is 2. The minimum absolute atomic E-state index is 0.147. The number of carboxylic acids is 1. The van der Waals surface area contributed by atoms with Gasteiger partial charge in [-0.3, -0.25) is 9.59 Å². The van der Waals surface area contributed by atoms with Gasteiger partial charge in [0.25, 0.3) is 5.91 Å². The van der Waals surface area contributed by atoms with Gasteiger partial charge < -0.3 is 10.0 Å². The molecule has 96 valence electrons. The second-order valence-corrected chi connectivity index (χ2v) is 4.67. The molecule has 1 N–H and O–H groups in total. The molecule has 6 heteroatoms. The number of rotatable bonds is 2. The first-order chi connectivity index (χ1) is 8.52. The molecule has 1 saturated heterocycles. The van der Waals surface area contributed by atoms with Gasteiger partial charge in [0.1, 0.15) is 5.15 Å². The van der Waals surface area contributed by atoms with Crippen LogP contribution in [0.15, 0.2) is 18.3 Å². The third-order valence-electron chi connectivity index (χ3n) is 3.32. The van der Waals surface area contributed by atoms with E-state index < -0.39 is 11.9 Å². The van der Waals surface area contributed by atoms with Crippen molar-refractivity contribution in [3.05, 3.63) is 29.0 Å². The molecule has 2 unspecified atom stereocenters. The molecule has 18 heavy (non-hydrogen) atoms. The lowest BCUT2D eigenvalue weighted by molar-refractivity contribution is -0.142. The number of amides is 1. The van der Waals surface area contributed by atoms with Crippen LogP contribution in [-0.2, 0) is 4.79 Å². The van der Waals surface area contributed by atoms with E-state index in [-0.39, 0.29) is 17.1 Å². The van der Waals surface area contributed by atoms with Crippen LogP contribution in [-0.4, -0.2) is 39.5 Å². The maximum atomic E-state index is 12.3. The van der Waals surface area contributed by atoms with Gasteiger partial charge in [-0.2, -0.15) is 0 Å². The van der Waals surface area contributed by atoms with Gasteiger partial charge in [0.15, 0.2) is 0 Å². The fourth-order valence-corrected chi connectivity index (χ4v) is 2.46. The fourth-order valence-electron chi connectivity index (χ4n) is 2.26. The van der Waals surface area contributed by atoms with Gasteiger partial charge >= 0.3 is 5.97 Å². The Hall–Kier alpha value is -1.62. The van der Waals surface area contributed by atoms with Crippen molar-refractivity contribution in [2.24, 2.45) is 5.92 Å². The van der Waals surface area contributed by atoms with Gasteiger partial charge in [-0.25, -0.2) is 4.98 Å². The Balaban J connectivity index is 2.21. The van der Waals surface area contributed by atoms with Crippen LogP contribution >= 0.6 is 11.6 Å². The molecule has 1 aromatic rings. The first-order valence-corrected chi connectivity index (χ1v) is 6.04. The van der Waals surface area contributed by atoms with Crippen molar-refractivity contribution in [2.75, 3.05) is 6.54 Å². The minimum Gasteiger partial charge on any atom is -0.481 e. The number of nitrogens with zero attached hydrogens (tertiary/aromatic N) is 2. The zero-order valence-electron chi connectivity index (χ0n) is 9.84. The number of aromatic nitrogens is 1. The van der Waals surface area contributed by atoms with Crippen LogP contribution in [0.25, 0.3) is 0 Å². The highest BCUT2D eigenvalue weighted by Crippen LogP contribution is 2.27. The predicted molar refractivity (Wildman–Crippen MR) is 65.5 cm³/mol. The van der Waals surface area contributed by atoms with Gasteiger partial charge in [0.2, 0.25) is 0 Å². The van der Waals surface area contributed by atoms with Crippen molar-refractivity contribution in [3.63, 3.8) is 0 Å². The normalized spacial score (nSPS) is 23.1. The van der Waals surface area contributed by atoms with Crippen LogP contribution < -0.4 is 0 Å². The van der Waals surface area contributed by atoms with E-state index in [0.29, 0.717) is 18.5 Å². The molecular weight excluding hydrogens is 256 g/mol. The molecule has 1 amide bonds. The van der Waals surface area contributed by atoms with Crippen molar-refractivity contribution in [1.82, 2.24) is 9.88 Å². The maximum Gasteiger partial charge on any atom is 0.308 e. The highest BCUT2D eigenvalue weighted by molar-refractivity contribution is 6.32. The summed E-state index contributed by atoms with van der Waals surface area (Å²) in [5.74, 6) is -1.64. The number of likely N-dealkylation sites (tertiary alicyclic amines) is 1. The summed E-state index contributed by atoms with van der Waals surface area (Å²) in [4.78, 5) is 28.7.